The van der Waals surface area contributed by atoms with Crippen LogP contribution >= 0.6 is 0 Å². The number of carbonyl (C=O) groups is 1. The van der Waals surface area contributed by atoms with Crippen molar-refractivity contribution in [2.75, 3.05) is 26.2 Å². The highest BCUT2D eigenvalue weighted by molar-refractivity contribution is 5.76. The second-order valence-electron chi connectivity index (χ2n) is 7.98. The molecule has 0 aromatic carbocycles. The predicted octanol–water partition coefficient (Wildman–Crippen LogP) is 2.22. The van der Waals surface area contributed by atoms with Gasteiger partial charge < -0.3 is 15.0 Å². The van der Waals surface area contributed by atoms with Crippen molar-refractivity contribution in [3.63, 3.8) is 0 Å². The number of nitrogens with one attached hydrogen (secondary N) is 1. The molecule has 0 unspecified atom stereocenters. The molecule has 5 nitrogen and oxygen atoms in total. The highest BCUT2D eigenvalue weighted by Gasteiger charge is 2.41. The van der Waals surface area contributed by atoms with E-state index in [0.29, 0.717) is 24.8 Å². The van der Waals surface area contributed by atoms with Crippen molar-refractivity contribution >= 4 is 5.91 Å². The Morgan fingerprint density at radius 1 is 1.36 bits per heavy atom. The first-order valence-electron chi connectivity index (χ1n) is 9.77. The Morgan fingerprint density at radius 3 is 3.04 bits per heavy atom. The first kappa shape index (κ1) is 17.0. The van der Waals surface area contributed by atoms with Crippen molar-refractivity contribution in [1.29, 1.82) is 0 Å². The van der Waals surface area contributed by atoms with E-state index in [0.717, 1.165) is 24.6 Å². The Balaban J connectivity index is 1.22. The highest BCUT2D eigenvalue weighted by Crippen LogP contribution is 2.37. The molecule has 25 heavy (non-hydrogen) atoms. The lowest BCUT2D eigenvalue weighted by Gasteiger charge is -2.39. The highest BCUT2D eigenvalue weighted by atomic mass is 16.5. The van der Waals surface area contributed by atoms with Gasteiger partial charge in [0, 0.05) is 37.9 Å². The van der Waals surface area contributed by atoms with E-state index >= 15 is 0 Å². The summed E-state index contributed by atoms with van der Waals surface area (Å²) in [5.74, 6) is 2.20. The van der Waals surface area contributed by atoms with Gasteiger partial charge in [-0.3, -0.25) is 9.78 Å². The normalized spacial score (nSPS) is 29.8. The molecule has 1 amide bonds. The monoisotopic (exact) mass is 343 g/mol. The van der Waals surface area contributed by atoms with Gasteiger partial charge >= 0.3 is 0 Å². The van der Waals surface area contributed by atoms with Crippen LogP contribution in [0.4, 0.5) is 0 Å². The molecule has 1 aliphatic carbocycles. The van der Waals surface area contributed by atoms with Gasteiger partial charge in [0.05, 0.1) is 19.1 Å². The SMILES string of the molecule is O=C(C[C@@H]1OC[C@@H]2CN(CC3CCC3)CC[C@@H]21)NCc1cccnc1. The molecule has 0 spiro atoms. The first-order valence-corrected chi connectivity index (χ1v) is 9.77. The number of likely N-dealkylation sites (tertiary alicyclic amines) is 1. The molecule has 5 heteroatoms. The van der Waals surface area contributed by atoms with Gasteiger partial charge in [-0.2, -0.15) is 0 Å². The average Bonchev–Trinajstić information content (AvgIpc) is 2.99. The van der Waals surface area contributed by atoms with E-state index < -0.39 is 0 Å². The predicted molar refractivity (Wildman–Crippen MR) is 95.8 cm³/mol. The number of pyridine rings is 1. The first-order chi connectivity index (χ1) is 12.3. The van der Waals surface area contributed by atoms with Crippen molar-refractivity contribution in [3.05, 3.63) is 30.1 Å². The zero-order valence-corrected chi connectivity index (χ0v) is 14.9. The maximum absolute atomic E-state index is 12.3. The molecule has 2 saturated heterocycles. The minimum absolute atomic E-state index is 0.0893. The third kappa shape index (κ3) is 4.21. The van der Waals surface area contributed by atoms with Gasteiger partial charge in [0.25, 0.3) is 0 Å². The zero-order valence-electron chi connectivity index (χ0n) is 14.9. The van der Waals surface area contributed by atoms with Crippen molar-refractivity contribution in [2.24, 2.45) is 17.8 Å². The number of piperidine rings is 1. The lowest BCUT2D eigenvalue weighted by Crippen LogP contribution is -2.44. The van der Waals surface area contributed by atoms with Crippen LogP contribution in [0.1, 0.15) is 37.7 Å². The van der Waals surface area contributed by atoms with Crippen LogP contribution in [-0.2, 0) is 16.1 Å². The van der Waals surface area contributed by atoms with Crippen LogP contribution in [0, 0.1) is 17.8 Å². The second-order valence-corrected chi connectivity index (χ2v) is 7.98. The summed E-state index contributed by atoms with van der Waals surface area (Å²) in [5.41, 5.74) is 1.03. The average molecular weight is 343 g/mol. The summed E-state index contributed by atoms with van der Waals surface area (Å²) in [4.78, 5) is 19.0. The summed E-state index contributed by atoms with van der Waals surface area (Å²) >= 11 is 0. The summed E-state index contributed by atoms with van der Waals surface area (Å²) < 4.78 is 6.02. The third-order valence-corrected chi connectivity index (χ3v) is 6.22. The largest absolute Gasteiger partial charge is 0.377 e. The van der Waals surface area contributed by atoms with Crippen molar-refractivity contribution in [3.8, 4) is 0 Å². The van der Waals surface area contributed by atoms with Crippen molar-refractivity contribution < 1.29 is 9.53 Å². The Hall–Kier alpha value is -1.46. The van der Waals surface area contributed by atoms with E-state index in [-0.39, 0.29) is 12.0 Å². The number of aromatic nitrogens is 1. The van der Waals surface area contributed by atoms with Crippen LogP contribution in [0.3, 0.4) is 0 Å². The lowest BCUT2D eigenvalue weighted by molar-refractivity contribution is -0.124. The molecule has 136 valence electrons. The van der Waals surface area contributed by atoms with E-state index in [1.54, 1.807) is 12.4 Å². The molecule has 3 atom stereocenters. The molecule has 3 fully saturated rings. The molecule has 1 N–H and O–H groups in total. The fourth-order valence-electron chi connectivity index (χ4n) is 4.54. The molecule has 1 aromatic heterocycles. The van der Waals surface area contributed by atoms with Gasteiger partial charge in [-0.05, 0) is 49.3 Å². The third-order valence-electron chi connectivity index (χ3n) is 6.22. The van der Waals surface area contributed by atoms with Crippen LogP contribution in [0.15, 0.2) is 24.5 Å². The van der Waals surface area contributed by atoms with Crippen LogP contribution < -0.4 is 5.32 Å². The zero-order chi connectivity index (χ0) is 17.1. The number of amides is 1. The summed E-state index contributed by atoms with van der Waals surface area (Å²) in [6.07, 6.45) is 9.56. The minimum atomic E-state index is 0.0893. The molecule has 0 radical (unpaired) electrons. The molecule has 3 heterocycles. The molecule has 3 aliphatic rings. The summed E-state index contributed by atoms with van der Waals surface area (Å²) in [5, 5.41) is 3.00. The topological polar surface area (TPSA) is 54.5 Å². The van der Waals surface area contributed by atoms with Gasteiger partial charge in [0.2, 0.25) is 5.91 Å². The van der Waals surface area contributed by atoms with Gasteiger partial charge in [-0.1, -0.05) is 12.5 Å². The number of rotatable bonds is 6. The number of hydrogen-bond donors (Lipinski definition) is 1. The number of nitrogens with zero attached hydrogens (tertiary/aromatic N) is 2. The Morgan fingerprint density at radius 2 is 2.28 bits per heavy atom. The molecule has 0 bridgehead atoms. The van der Waals surface area contributed by atoms with Gasteiger partial charge in [0.1, 0.15) is 0 Å². The molecule has 1 saturated carbocycles. The Labute approximate surface area is 150 Å². The van der Waals surface area contributed by atoms with E-state index in [4.69, 9.17) is 4.74 Å². The van der Waals surface area contributed by atoms with E-state index in [1.165, 1.54) is 38.8 Å². The van der Waals surface area contributed by atoms with Crippen LogP contribution in [0.25, 0.3) is 0 Å². The van der Waals surface area contributed by atoms with Crippen LogP contribution in [0.2, 0.25) is 0 Å². The van der Waals surface area contributed by atoms with E-state index in [9.17, 15) is 4.79 Å². The van der Waals surface area contributed by atoms with Gasteiger partial charge in [0.15, 0.2) is 0 Å². The van der Waals surface area contributed by atoms with Gasteiger partial charge in [-0.15, -0.1) is 0 Å². The summed E-state index contributed by atoms with van der Waals surface area (Å²) in [6, 6.07) is 3.87. The molecule has 1 aromatic rings. The maximum Gasteiger partial charge on any atom is 0.222 e. The Bertz CT molecular complexity index is 576. The summed E-state index contributed by atoms with van der Waals surface area (Å²) in [6.45, 7) is 4.98. The Kier molecular flexibility index (Phi) is 5.32. The maximum atomic E-state index is 12.3. The standard InChI is InChI=1S/C20H29N3O2/c24-20(22-11-16-5-2-7-21-10-16)9-19-18-6-8-23(12-15-3-1-4-15)13-17(18)14-25-19/h2,5,7,10,15,17-19H,1,3-4,6,8-9,11-14H2,(H,22,24)/t17-,18-,19-/m0/s1. The van der Waals surface area contributed by atoms with Crippen molar-refractivity contribution in [1.82, 2.24) is 15.2 Å². The molecule has 4 rings (SSSR count). The number of fused-ring (bicyclic) bond motifs is 1. The van der Waals surface area contributed by atoms with Gasteiger partial charge in [-0.25, -0.2) is 0 Å². The van der Waals surface area contributed by atoms with Crippen molar-refractivity contribution in [2.45, 2.75) is 44.8 Å². The summed E-state index contributed by atoms with van der Waals surface area (Å²) in [7, 11) is 0. The van der Waals surface area contributed by atoms with E-state index in [1.807, 2.05) is 12.1 Å². The molecule has 2 aliphatic heterocycles. The molecular weight excluding hydrogens is 314 g/mol. The quantitative estimate of drug-likeness (QED) is 0.861. The fourth-order valence-corrected chi connectivity index (χ4v) is 4.54. The second kappa shape index (κ2) is 7.83. The number of ether oxygens (including phenoxy) is 1. The number of carbonyl (C=O) groups excluding carboxylic acids is 1. The molecular formula is C20H29N3O2. The van der Waals surface area contributed by atoms with E-state index in [2.05, 4.69) is 15.2 Å². The van der Waals surface area contributed by atoms with Crippen LogP contribution in [-0.4, -0.2) is 48.1 Å². The fraction of sp³-hybridized carbons (Fsp3) is 0.700. The lowest BCUT2D eigenvalue weighted by atomic mass is 9.81. The minimum Gasteiger partial charge on any atom is -0.377 e. The van der Waals surface area contributed by atoms with Crippen LogP contribution in [0.5, 0.6) is 0 Å². The number of hydrogen-bond acceptors (Lipinski definition) is 4. The smallest absolute Gasteiger partial charge is 0.222 e.